The van der Waals surface area contributed by atoms with E-state index >= 15 is 0 Å². The van der Waals surface area contributed by atoms with Crippen LogP contribution in [0.3, 0.4) is 0 Å². The standard InChI is InChI=1S/C22H20N6O/c1-27-11-16-4-3-14(7-17(16)12-27)22(29)26-21-8-19-15(9-24-21)5-6-18(25-19)20-10-23-13-28(20)2/h3-10,13H,11-12H2,1-2H3,(H,24,26,29). The zero-order chi connectivity index (χ0) is 20.0. The van der Waals surface area contributed by atoms with Gasteiger partial charge in [-0.1, -0.05) is 6.07 Å². The third-order valence-corrected chi connectivity index (χ3v) is 5.24. The van der Waals surface area contributed by atoms with Gasteiger partial charge in [0.05, 0.1) is 29.4 Å². The van der Waals surface area contributed by atoms with Crippen LogP contribution in [0.4, 0.5) is 5.82 Å². The number of anilines is 1. The molecule has 0 bridgehead atoms. The van der Waals surface area contributed by atoms with E-state index < -0.39 is 0 Å². The monoisotopic (exact) mass is 384 g/mol. The lowest BCUT2D eigenvalue weighted by Gasteiger charge is -2.08. The first-order chi connectivity index (χ1) is 14.1. The molecule has 1 aliphatic rings. The summed E-state index contributed by atoms with van der Waals surface area (Å²) in [7, 11) is 4.01. The Morgan fingerprint density at radius 3 is 2.72 bits per heavy atom. The van der Waals surface area contributed by atoms with E-state index in [2.05, 4.69) is 27.2 Å². The van der Waals surface area contributed by atoms with E-state index in [0.717, 1.165) is 35.4 Å². The van der Waals surface area contributed by atoms with Gasteiger partial charge in [-0.05, 0) is 42.4 Å². The van der Waals surface area contributed by atoms with Gasteiger partial charge in [0.15, 0.2) is 0 Å². The first kappa shape index (κ1) is 17.5. The number of fused-ring (bicyclic) bond motifs is 2. The van der Waals surface area contributed by atoms with Crippen molar-refractivity contribution in [3.05, 3.63) is 71.8 Å². The number of aromatic nitrogens is 4. The average molecular weight is 384 g/mol. The largest absolute Gasteiger partial charge is 0.332 e. The molecule has 0 saturated heterocycles. The quantitative estimate of drug-likeness (QED) is 0.587. The fraction of sp³-hybridized carbons (Fsp3) is 0.182. The van der Waals surface area contributed by atoms with Crippen LogP contribution in [0.15, 0.2) is 55.1 Å². The molecule has 29 heavy (non-hydrogen) atoms. The minimum absolute atomic E-state index is 0.169. The number of benzene rings is 1. The van der Waals surface area contributed by atoms with Crippen molar-refractivity contribution >= 4 is 22.6 Å². The van der Waals surface area contributed by atoms with Crippen LogP contribution in [0.5, 0.6) is 0 Å². The molecule has 0 aliphatic carbocycles. The smallest absolute Gasteiger partial charge is 0.256 e. The Labute approximate surface area is 168 Å². The molecule has 4 heterocycles. The van der Waals surface area contributed by atoms with Crippen molar-refractivity contribution in [3.63, 3.8) is 0 Å². The average Bonchev–Trinajstić information content (AvgIpc) is 3.31. The molecule has 5 rings (SSSR count). The van der Waals surface area contributed by atoms with Crippen LogP contribution in [0.2, 0.25) is 0 Å². The normalized spacial score (nSPS) is 13.6. The van der Waals surface area contributed by atoms with Gasteiger partial charge in [-0.15, -0.1) is 0 Å². The van der Waals surface area contributed by atoms with Gasteiger partial charge >= 0.3 is 0 Å². The Hall–Kier alpha value is -3.58. The van der Waals surface area contributed by atoms with Gasteiger partial charge in [-0.2, -0.15) is 0 Å². The third-order valence-electron chi connectivity index (χ3n) is 5.24. The number of carbonyl (C=O) groups is 1. The molecule has 0 atom stereocenters. The summed E-state index contributed by atoms with van der Waals surface area (Å²) in [6.45, 7) is 1.79. The molecule has 7 nitrogen and oxygen atoms in total. The highest BCUT2D eigenvalue weighted by atomic mass is 16.1. The Balaban J connectivity index is 1.42. The highest BCUT2D eigenvalue weighted by Gasteiger charge is 2.17. The zero-order valence-corrected chi connectivity index (χ0v) is 16.3. The molecule has 7 heteroatoms. The van der Waals surface area contributed by atoms with Crippen LogP contribution in [-0.4, -0.2) is 37.4 Å². The molecule has 0 unspecified atom stereocenters. The lowest BCUT2D eigenvalue weighted by atomic mass is 10.1. The maximum atomic E-state index is 12.7. The van der Waals surface area contributed by atoms with E-state index in [-0.39, 0.29) is 5.91 Å². The summed E-state index contributed by atoms with van der Waals surface area (Å²) in [6.07, 6.45) is 5.25. The molecule has 1 amide bonds. The Morgan fingerprint density at radius 1 is 1.03 bits per heavy atom. The summed E-state index contributed by atoms with van der Waals surface area (Å²) < 4.78 is 1.92. The fourth-order valence-electron chi connectivity index (χ4n) is 3.73. The fourth-order valence-corrected chi connectivity index (χ4v) is 3.73. The molecule has 144 valence electrons. The molecular formula is C22H20N6O. The molecule has 0 spiro atoms. The third kappa shape index (κ3) is 3.25. The summed E-state index contributed by atoms with van der Waals surface area (Å²) in [5.41, 5.74) is 5.64. The topological polar surface area (TPSA) is 75.9 Å². The zero-order valence-electron chi connectivity index (χ0n) is 16.3. The summed E-state index contributed by atoms with van der Waals surface area (Å²) in [5, 5.41) is 3.81. The van der Waals surface area contributed by atoms with Gasteiger partial charge in [0.2, 0.25) is 0 Å². The second-order valence-electron chi connectivity index (χ2n) is 7.46. The van der Waals surface area contributed by atoms with Gasteiger partial charge in [0.1, 0.15) is 5.82 Å². The number of rotatable bonds is 3. The van der Waals surface area contributed by atoms with Gasteiger partial charge in [-0.25, -0.2) is 15.0 Å². The van der Waals surface area contributed by atoms with Crippen molar-refractivity contribution in [1.29, 1.82) is 0 Å². The van der Waals surface area contributed by atoms with E-state index in [1.54, 1.807) is 24.8 Å². The van der Waals surface area contributed by atoms with Crippen LogP contribution in [0.1, 0.15) is 21.5 Å². The molecule has 1 aliphatic heterocycles. The van der Waals surface area contributed by atoms with E-state index in [4.69, 9.17) is 4.98 Å². The number of hydrogen-bond acceptors (Lipinski definition) is 5. The molecule has 0 fully saturated rings. The van der Waals surface area contributed by atoms with Crippen molar-refractivity contribution in [3.8, 4) is 11.4 Å². The molecule has 4 aromatic rings. The lowest BCUT2D eigenvalue weighted by molar-refractivity contribution is 0.102. The summed E-state index contributed by atoms with van der Waals surface area (Å²) in [4.78, 5) is 28.2. The highest BCUT2D eigenvalue weighted by Crippen LogP contribution is 2.24. The number of amides is 1. The van der Waals surface area contributed by atoms with Gasteiger partial charge < -0.3 is 9.88 Å². The number of aryl methyl sites for hydroxylation is 1. The maximum Gasteiger partial charge on any atom is 0.256 e. The minimum atomic E-state index is -0.169. The number of carbonyl (C=O) groups excluding carboxylic acids is 1. The second kappa shape index (κ2) is 6.79. The number of pyridine rings is 2. The highest BCUT2D eigenvalue weighted by molar-refractivity contribution is 6.04. The second-order valence-corrected chi connectivity index (χ2v) is 7.46. The molecule has 0 radical (unpaired) electrons. The number of imidazole rings is 1. The first-order valence-electron chi connectivity index (χ1n) is 9.42. The predicted molar refractivity (Wildman–Crippen MR) is 111 cm³/mol. The summed E-state index contributed by atoms with van der Waals surface area (Å²) in [5.74, 6) is 0.312. The van der Waals surface area contributed by atoms with E-state index in [1.165, 1.54) is 11.1 Å². The molecule has 1 N–H and O–H groups in total. The van der Waals surface area contributed by atoms with E-state index in [9.17, 15) is 4.79 Å². The minimum Gasteiger partial charge on any atom is -0.332 e. The summed E-state index contributed by atoms with van der Waals surface area (Å²) in [6, 6.07) is 11.6. The van der Waals surface area contributed by atoms with Crippen LogP contribution in [0.25, 0.3) is 22.3 Å². The molecular weight excluding hydrogens is 364 g/mol. The SMILES string of the molecule is CN1Cc2ccc(C(=O)Nc3cc4nc(-c5cncn5C)ccc4cn3)cc2C1. The van der Waals surface area contributed by atoms with E-state index in [1.807, 2.05) is 41.9 Å². The van der Waals surface area contributed by atoms with Crippen LogP contribution in [0, 0.1) is 0 Å². The van der Waals surface area contributed by atoms with Crippen molar-refractivity contribution in [1.82, 2.24) is 24.4 Å². The number of hydrogen-bond donors (Lipinski definition) is 1. The molecule has 0 saturated carbocycles. The van der Waals surface area contributed by atoms with Crippen LogP contribution in [-0.2, 0) is 20.1 Å². The predicted octanol–water partition coefficient (Wildman–Crippen LogP) is 3.23. The lowest BCUT2D eigenvalue weighted by Crippen LogP contribution is -2.13. The first-order valence-corrected chi connectivity index (χ1v) is 9.42. The van der Waals surface area contributed by atoms with Crippen molar-refractivity contribution < 1.29 is 4.79 Å². The van der Waals surface area contributed by atoms with Crippen LogP contribution < -0.4 is 5.32 Å². The summed E-state index contributed by atoms with van der Waals surface area (Å²) >= 11 is 0. The van der Waals surface area contributed by atoms with Gasteiger partial charge in [0, 0.05) is 43.4 Å². The Kier molecular flexibility index (Phi) is 4.10. The van der Waals surface area contributed by atoms with Crippen molar-refractivity contribution in [2.45, 2.75) is 13.1 Å². The van der Waals surface area contributed by atoms with Crippen LogP contribution >= 0.6 is 0 Å². The number of nitrogens with zero attached hydrogens (tertiary/aromatic N) is 5. The molecule has 3 aromatic heterocycles. The maximum absolute atomic E-state index is 12.7. The Morgan fingerprint density at radius 2 is 1.90 bits per heavy atom. The molecule has 1 aromatic carbocycles. The van der Waals surface area contributed by atoms with Gasteiger partial charge in [0.25, 0.3) is 5.91 Å². The van der Waals surface area contributed by atoms with Gasteiger partial charge in [-0.3, -0.25) is 9.69 Å². The van der Waals surface area contributed by atoms with E-state index in [0.29, 0.717) is 11.4 Å². The number of nitrogens with one attached hydrogen (secondary N) is 1. The van der Waals surface area contributed by atoms with Crippen molar-refractivity contribution in [2.75, 3.05) is 12.4 Å². The Bertz CT molecular complexity index is 1250. The van der Waals surface area contributed by atoms with Crippen molar-refractivity contribution in [2.24, 2.45) is 7.05 Å².